The molecule has 2 atom stereocenters. The Bertz CT molecular complexity index is 1360. The molecule has 0 saturated heterocycles. The number of benzene rings is 3. The van der Waals surface area contributed by atoms with Gasteiger partial charge in [0.05, 0.1) is 11.4 Å². The van der Waals surface area contributed by atoms with Gasteiger partial charge in [0.25, 0.3) is 0 Å². The van der Waals surface area contributed by atoms with E-state index in [0.29, 0.717) is 5.02 Å². The van der Waals surface area contributed by atoms with Gasteiger partial charge in [-0.1, -0.05) is 78.7 Å². The molecule has 0 aromatic heterocycles. The summed E-state index contributed by atoms with van der Waals surface area (Å²) in [6.07, 6.45) is 1.02. The number of halogens is 1. The van der Waals surface area contributed by atoms with Crippen LogP contribution in [0.15, 0.2) is 83.8 Å². The fourth-order valence-electron chi connectivity index (χ4n) is 4.16. The van der Waals surface area contributed by atoms with Crippen LogP contribution < -0.4 is 5.32 Å². The maximum Gasteiger partial charge on any atom is 0.243 e. The van der Waals surface area contributed by atoms with Gasteiger partial charge in [-0.05, 0) is 55.7 Å². The normalized spacial score (nSPS) is 13.1. The Hall–Kier alpha value is -3.20. The number of hydrogen-bond acceptors (Lipinski definition) is 4. The SMILES string of the molecule is CC[C@H](C)NC(=O)[C@@H](Cc1ccccc1)N(Cc1cccc(C)c1)C(=O)CN(C)S(=O)(=O)c1ccc(Cl)cc1. The highest BCUT2D eigenvalue weighted by Gasteiger charge is 2.33. The number of nitrogens with one attached hydrogen (secondary N) is 1. The van der Waals surface area contributed by atoms with E-state index in [1.54, 1.807) is 0 Å². The van der Waals surface area contributed by atoms with Gasteiger partial charge >= 0.3 is 0 Å². The quantitative estimate of drug-likeness (QED) is 0.339. The number of hydrogen-bond donors (Lipinski definition) is 1. The van der Waals surface area contributed by atoms with Gasteiger partial charge in [-0.3, -0.25) is 9.59 Å². The van der Waals surface area contributed by atoms with Gasteiger partial charge < -0.3 is 10.2 Å². The second-order valence-electron chi connectivity index (χ2n) is 9.75. The van der Waals surface area contributed by atoms with Crippen molar-refractivity contribution in [3.05, 3.63) is 101 Å². The predicted octanol–water partition coefficient (Wildman–Crippen LogP) is 4.82. The molecule has 2 amide bonds. The number of sulfonamides is 1. The van der Waals surface area contributed by atoms with Crippen LogP contribution in [0.2, 0.25) is 5.02 Å². The maximum atomic E-state index is 13.9. The third kappa shape index (κ3) is 8.39. The van der Waals surface area contributed by atoms with Crippen molar-refractivity contribution < 1.29 is 18.0 Å². The standard InChI is InChI=1S/C30H36ClN3O4S/c1-5-23(3)32-30(36)28(19-24-11-7-6-8-12-24)34(20-25-13-9-10-22(2)18-25)29(35)21-33(4)39(37,38)27-16-14-26(31)15-17-27/h6-18,23,28H,5,19-21H2,1-4H3,(H,32,36)/t23-,28+/m0/s1. The van der Waals surface area contributed by atoms with Gasteiger partial charge in [0, 0.05) is 31.1 Å². The molecule has 0 spiro atoms. The summed E-state index contributed by atoms with van der Waals surface area (Å²) in [5.74, 6) is -0.755. The topological polar surface area (TPSA) is 86.8 Å². The van der Waals surface area contributed by atoms with Crippen LogP contribution in [0, 0.1) is 6.92 Å². The van der Waals surface area contributed by atoms with Gasteiger partial charge in [0.1, 0.15) is 6.04 Å². The molecular weight excluding hydrogens is 534 g/mol. The van der Waals surface area contributed by atoms with Crippen LogP contribution in [0.25, 0.3) is 0 Å². The molecule has 0 heterocycles. The molecule has 0 aliphatic heterocycles. The first-order valence-corrected chi connectivity index (χ1v) is 14.7. The summed E-state index contributed by atoms with van der Waals surface area (Å²) in [5, 5.41) is 3.43. The van der Waals surface area contributed by atoms with E-state index >= 15 is 0 Å². The number of likely N-dealkylation sites (N-methyl/N-ethyl adjacent to an activating group) is 1. The van der Waals surface area contributed by atoms with Gasteiger partial charge in [0.15, 0.2) is 0 Å². The number of rotatable bonds is 12. The van der Waals surface area contributed by atoms with Crippen molar-refractivity contribution in [2.45, 2.75) is 57.1 Å². The molecule has 0 saturated carbocycles. The lowest BCUT2D eigenvalue weighted by molar-refractivity contribution is -0.141. The highest BCUT2D eigenvalue weighted by Crippen LogP contribution is 2.20. The number of nitrogens with zero attached hydrogens (tertiary/aromatic N) is 2. The minimum atomic E-state index is -3.97. The first kappa shape index (κ1) is 30.3. The Morgan fingerprint density at radius 2 is 1.59 bits per heavy atom. The van der Waals surface area contributed by atoms with E-state index in [-0.39, 0.29) is 29.8 Å². The van der Waals surface area contributed by atoms with E-state index in [2.05, 4.69) is 5.32 Å². The average molecular weight is 570 g/mol. The molecule has 3 aromatic carbocycles. The van der Waals surface area contributed by atoms with Crippen LogP contribution in [0.5, 0.6) is 0 Å². The van der Waals surface area contributed by atoms with E-state index < -0.39 is 28.5 Å². The maximum absolute atomic E-state index is 13.9. The van der Waals surface area contributed by atoms with Crippen molar-refractivity contribution in [3.63, 3.8) is 0 Å². The van der Waals surface area contributed by atoms with Crippen molar-refractivity contribution in [1.82, 2.24) is 14.5 Å². The molecule has 3 aromatic rings. The minimum absolute atomic E-state index is 0.0304. The summed E-state index contributed by atoms with van der Waals surface area (Å²) in [4.78, 5) is 29.0. The zero-order valence-corrected chi connectivity index (χ0v) is 24.4. The van der Waals surface area contributed by atoms with Crippen molar-refractivity contribution >= 4 is 33.4 Å². The Morgan fingerprint density at radius 1 is 0.949 bits per heavy atom. The zero-order valence-electron chi connectivity index (χ0n) is 22.8. The number of carbonyl (C=O) groups is 2. The fraction of sp³-hybridized carbons (Fsp3) is 0.333. The van der Waals surface area contributed by atoms with Crippen molar-refractivity contribution in [3.8, 4) is 0 Å². The van der Waals surface area contributed by atoms with Crippen LogP contribution in [-0.2, 0) is 32.6 Å². The first-order chi connectivity index (χ1) is 18.5. The van der Waals surface area contributed by atoms with E-state index in [4.69, 9.17) is 11.6 Å². The number of carbonyl (C=O) groups excluding carboxylic acids is 2. The van der Waals surface area contributed by atoms with E-state index in [1.165, 1.54) is 36.2 Å². The molecule has 0 aliphatic rings. The van der Waals surface area contributed by atoms with Gasteiger partial charge in [-0.25, -0.2) is 8.42 Å². The summed E-state index contributed by atoms with van der Waals surface area (Å²) in [6, 6.07) is 22.1. The van der Waals surface area contributed by atoms with Crippen molar-refractivity contribution in [1.29, 1.82) is 0 Å². The first-order valence-electron chi connectivity index (χ1n) is 12.9. The third-order valence-corrected chi connectivity index (χ3v) is 8.66. The molecule has 0 radical (unpaired) electrons. The van der Waals surface area contributed by atoms with E-state index in [0.717, 1.165) is 27.4 Å². The minimum Gasteiger partial charge on any atom is -0.352 e. The van der Waals surface area contributed by atoms with Crippen LogP contribution >= 0.6 is 11.6 Å². The highest BCUT2D eigenvalue weighted by atomic mass is 35.5. The predicted molar refractivity (Wildman–Crippen MR) is 155 cm³/mol. The summed E-state index contributed by atoms with van der Waals surface area (Å²) < 4.78 is 27.4. The largest absolute Gasteiger partial charge is 0.352 e. The Morgan fingerprint density at radius 3 is 2.21 bits per heavy atom. The summed E-state index contributed by atoms with van der Waals surface area (Å²) in [6.45, 7) is 5.57. The fourth-order valence-corrected chi connectivity index (χ4v) is 5.40. The van der Waals surface area contributed by atoms with Gasteiger partial charge in [0.2, 0.25) is 21.8 Å². The molecule has 9 heteroatoms. The van der Waals surface area contributed by atoms with Gasteiger partial charge in [-0.2, -0.15) is 4.31 Å². The lowest BCUT2D eigenvalue weighted by atomic mass is 10.0. The highest BCUT2D eigenvalue weighted by molar-refractivity contribution is 7.89. The van der Waals surface area contributed by atoms with Crippen LogP contribution in [0.4, 0.5) is 0 Å². The van der Waals surface area contributed by atoms with Crippen LogP contribution in [-0.4, -0.2) is 55.1 Å². The molecule has 0 unspecified atom stereocenters. The van der Waals surface area contributed by atoms with Gasteiger partial charge in [-0.15, -0.1) is 0 Å². The lowest BCUT2D eigenvalue weighted by Gasteiger charge is -2.33. The molecule has 0 bridgehead atoms. The molecule has 39 heavy (non-hydrogen) atoms. The lowest BCUT2D eigenvalue weighted by Crippen LogP contribution is -2.54. The second-order valence-corrected chi connectivity index (χ2v) is 12.2. The smallest absolute Gasteiger partial charge is 0.243 e. The Kier molecular flexibility index (Phi) is 10.7. The number of amides is 2. The van der Waals surface area contributed by atoms with E-state index in [9.17, 15) is 18.0 Å². The van der Waals surface area contributed by atoms with Crippen LogP contribution in [0.1, 0.15) is 37.0 Å². The molecular formula is C30H36ClN3O4S. The molecule has 0 fully saturated rings. The molecule has 1 N–H and O–H groups in total. The van der Waals surface area contributed by atoms with Crippen molar-refractivity contribution in [2.24, 2.45) is 0 Å². The average Bonchev–Trinajstić information content (AvgIpc) is 2.91. The monoisotopic (exact) mass is 569 g/mol. The molecule has 7 nitrogen and oxygen atoms in total. The second kappa shape index (κ2) is 13.7. The summed E-state index contributed by atoms with van der Waals surface area (Å²) in [5.41, 5.74) is 2.76. The Balaban J connectivity index is 1.98. The molecule has 3 rings (SSSR count). The van der Waals surface area contributed by atoms with Crippen molar-refractivity contribution in [2.75, 3.05) is 13.6 Å². The summed E-state index contributed by atoms with van der Waals surface area (Å²) in [7, 11) is -2.61. The summed E-state index contributed by atoms with van der Waals surface area (Å²) >= 11 is 5.93. The molecule has 208 valence electrons. The third-order valence-electron chi connectivity index (χ3n) is 6.59. The zero-order chi connectivity index (χ0) is 28.6. The number of aryl methyl sites for hydroxylation is 1. The molecule has 0 aliphatic carbocycles. The van der Waals surface area contributed by atoms with E-state index in [1.807, 2.05) is 75.4 Å². The van der Waals surface area contributed by atoms with Crippen LogP contribution in [0.3, 0.4) is 0 Å². The Labute approximate surface area is 236 Å².